The molecule has 6 aromatic rings. The third-order valence-corrected chi connectivity index (χ3v) is 12.2. The minimum absolute atomic E-state index is 0. The zero-order valence-electron chi connectivity index (χ0n) is 25.7. The maximum atomic E-state index is 4.89. The van der Waals surface area contributed by atoms with Crippen LogP contribution in [0.3, 0.4) is 0 Å². The Morgan fingerprint density at radius 2 is 0.848 bits per heavy atom. The van der Waals surface area contributed by atoms with Gasteiger partial charge in [0.25, 0.3) is 0 Å². The van der Waals surface area contributed by atoms with Crippen molar-refractivity contribution in [3.8, 4) is 16.9 Å². The molecule has 0 fully saturated rings. The summed E-state index contributed by atoms with van der Waals surface area (Å²) in [6.45, 7) is 0. The van der Waals surface area contributed by atoms with Crippen LogP contribution in [0.4, 0.5) is 0 Å². The van der Waals surface area contributed by atoms with Crippen LogP contribution < -0.4 is 26.0 Å². The normalized spacial score (nSPS) is 9.72. The van der Waals surface area contributed by atoms with E-state index in [4.69, 9.17) is 4.74 Å². The van der Waals surface area contributed by atoms with Gasteiger partial charge < -0.3 is 17.4 Å². The predicted octanol–water partition coefficient (Wildman–Crippen LogP) is 8.29. The first kappa shape index (κ1) is 36.9. The molecular weight excluding hydrogens is 709 g/mol. The molecule has 232 valence electrons. The van der Waals surface area contributed by atoms with E-state index >= 15 is 0 Å². The van der Waals surface area contributed by atoms with Gasteiger partial charge in [0.1, 0.15) is 0 Å². The molecule has 0 saturated heterocycles. The molecule has 6 rings (SSSR count). The SMILES string of the molecule is COc1cc[c-]cc1.[Pd+2].[S-]C#Cc1ccccc1.c1ccc(P(CCP(c2ccccc2)c2ccccc2)c2ccccc2)cc1. The first-order valence-corrected chi connectivity index (χ1v) is 18.2. The molecule has 0 spiro atoms. The van der Waals surface area contributed by atoms with Crippen LogP contribution in [0.25, 0.3) is 0 Å². The Balaban J connectivity index is 0.000000261. The van der Waals surface area contributed by atoms with Crippen molar-refractivity contribution in [1.82, 2.24) is 0 Å². The van der Waals surface area contributed by atoms with E-state index in [0.29, 0.717) is 0 Å². The minimum atomic E-state index is -0.348. The number of ether oxygens (including phenoxy) is 1. The maximum Gasteiger partial charge on any atom is 2.00 e. The van der Waals surface area contributed by atoms with Gasteiger partial charge in [0, 0.05) is 11.3 Å². The quantitative estimate of drug-likeness (QED) is 0.0511. The molecule has 0 aliphatic carbocycles. The molecule has 0 unspecified atom stereocenters. The molecule has 0 saturated carbocycles. The summed E-state index contributed by atoms with van der Waals surface area (Å²) in [6.07, 6.45) is 2.41. The zero-order chi connectivity index (χ0) is 31.4. The molecule has 46 heavy (non-hydrogen) atoms. The Labute approximate surface area is 297 Å². The molecule has 0 heterocycles. The van der Waals surface area contributed by atoms with Gasteiger partial charge in [0.2, 0.25) is 0 Å². The molecule has 1 nitrogen and oxygen atoms in total. The van der Waals surface area contributed by atoms with E-state index < -0.39 is 0 Å². The van der Waals surface area contributed by atoms with Gasteiger partial charge in [-0.25, -0.2) is 5.25 Å². The van der Waals surface area contributed by atoms with E-state index in [0.717, 1.165) is 11.3 Å². The summed E-state index contributed by atoms with van der Waals surface area (Å²) in [5, 5.41) is 8.31. The fourth-order valence-electron chi connectivity index (χ4n) is 4.53. The maximum absolute atomic E-state index is 4.89. The third-order valence-electron chi connectivity index (χ3n) is 6.71. The van der Waals surface area contributed by atoms with Crippen LogP contribution in [0.2, 0.25) is 0 Å². The van der Waals surface area contributed by atoms with Crippen LogP contribution in [-0.4, -0.2) is 19.4 Å². The van der Waals surface area contributed by atoms with E-state index in [1.54, 1.807) is 7.11 Å². The van der Waals surface area contributed by atoms with Crippen LogP contribution in [0.5, 0.6) is 5.75 Å². The minimum Gasteiger partial charge on any atom is -0.724 e. The first-order valence-electron chi connectivity index (χ1n) is 14.7. The Hall–Kier alpha value is -3.58. The van der Waals surface area contributed by atoms with Gasteiger partial charge in [-0.3, -0.25) is 0 Å². The number of rotatable bonds is 8. The van der Waals surface area contributed by atoms with Gasteiger partial charge in [0.15, 0.2) is 0 Å². The standard InChI is InChI=1S/C26H24P2.C8H6S.C7H7O.Pd/c1-5-13-23(14-6-1)27(24-15-7-2-8-16-24)21-22-28(25-17-9-3-10-18-25)26-19-11-4-12-20-26;9-7-6-8-4-2-1-3-5-8;1-8-7-5-3-2-4-6-7;/h1-20H,21-22H2;1-5,9H;3-6H,1H3;/q;;-1;+2/p-1. The molecule has 0 radical (unpaired) electrons. The van der Waals surface area contributed by atoms with Gasteiger partial charge in [-0.05, 0) is 61.5 Å². The average molecular weight is 745 g/mol. The molecule has 6 aromatic carbocycles. The topological polar surface area (TPSA) is 9.23 Å². The molecule has 0 aliphatic rings. The van der Waals surface area contributed by atoms with Crippen molar-refractivity contribution in [1.29, 1.82) is 0 Å². The van der Waals surface area contributed by atoms with Crippen LogP contribution >= 0.6 is 15.8 Å². The summed E-state index contributed by atoms with van der Waals surface area (Å²) in [7, 11) is 0.952. The molecule has 0 amide bonds. The van der Waals surface area contributed by atoms with Gasteiger partial charge in [-0.2, -0.15) is 18.2 Å². The molecule has 0 bridgehead atoms. The molecule has 0 atom stereocenters. The molecule has 0 aliphatic heterocycles. The van der Waals surface area contributed by atoms with Crippen molar-refractivity contribution in [2.24, 2.45) is 0 Å². The van der Waals surface area contributed by atoms with E-state index in [1.807, 2.05) is 54.6 Å². The Bertz CT molecular complexity index is 1520. The van der Waals surface area contributed by atoms with Crippen LogP contribution in [-0.2, 0) is 33.1 Å². The van der Waals surface area contributed by atoms with Crippen molar-refractivity contribution in [3.05, 3.63) is 188 Å². The summed E-state index contributed by atoms with van der Waals surface area (Å²) >= 11 is 4.47. The number of methoxy groups -OCH3 is 1. The van der Waals surface area contributed by atoms with Crippen molar-refractivity contribution >= 4 is 49.7 Å². The third kappa shape index (κ3) is 12.7. The monoisotopic (exact) mass is 744 g/mol. The van der Waals surface area contributed by atoms with Crippen molar-refractivity contribution in [3.63, 3.8) is 0 Å². The number of hydrogen-bond donors (Lipinski definition) is 0. The van der Waals surface area contributed by atoms with Crippen LogP contribution in [0, 0.1) is 17.2 Å². The Kier molecular flexibility index (Phi) is 17.7. The molecule has 5 heteroatoms. The van der Waals surface area contributed by atoms with E-state index in [1.165, 1.54) is 33.5 Å². The Morgan fingerprint density at radius 1 is 0.522 bits per heavy atom. The number of hydrogen-bond acceptors (Lipinski definition) is 2. The van der Waals surface area contributed by atoms with Gasteiger partial charge in [-0.15, -0.1) is 12.1 Å². The summed E-state index contributed by atoms with van der Waals surface area (Å²) < 4.78 is 4.89. The van der Waals surface area contributed by atoms with Crippen molar-refractivity contribution < 1.29 is 25.2 Å². The first-order chi connectivity index (χ1) is 22.3. The average Bonchev–Trinajstić information content (AvgIpc) is 3.13. The van der Waals surface area contributed by atoms with Crippen molar-refractivity contribution in [2.45, 2.75) is 0 Å². The van der Waals surface area contributed by atoms with Gasteiger partial charge in [0.05, 0.1) is 7.11 Å². The predicted molar refractivity (Wildman–Crippen MR) is 200 cm³/mol. The van der Waals surface area contributed by atoms with E-state index in [-0.39, 0.29) is 36.3 Å². The fraction of sp³-hybridized carbons (Fsp3) is 0.0732. The van der Waals surface area contributed by atoms with Gasteiger partial charge >= 0.3 is 20.4 Å². The largest absolute Gasteiger partial charge is 2.00 e. The molecular formula is C41H36OP2PdS. The summed E-state index contributed by atoms with van der Waals surface area (Å²) in [5.41, 5.74) is 0.979. The summed E-state index contributed by atoms with van der Waals surface area (Å²) in [6, 6.07) is 64.1. The van der Waals surface area contributed by atoms with Crippen molar-refractivity contribution in [2.75, 3.05) is 19.4 Å². The summed E-state index contributed by atoms with van der Waals surface area (Å²) in [5.74, 6) is 3.65. The second-order valence-electron chi connectivity index (χ2n) is 9.68. The zero-order valence-corrected chi connectivity index (χ0v) is 29.8. The van der Waals surface area contributed by atoms with Crippen LogP contribution in [0.15, 0.2) is 176 Å². The van der Waals surface area contributed by atoms with Gasteiger partial charge in [-0.1, -0.05) is 145 Å². The number of benzene rings is 6. The Morgan fingerprint density at radius 3 is 1.13 bits per heavy atom. The molecule has 0 N–H and O–H groups in total. The summed E-state index contributed by atoms with van der Waals surface area (Å²) in [4.78, 5) is 0. The fourth-order valence-corrected chi connectivity index (χ4v) is 10.0. The molecule has 0 aromatic heterocycles. The van der Waals surface area contributed by atoms with E-state index in [9.17, 15) is 0 Å². The smallest absolute Gasteiger partial charge is 0.724 e. The van der Waals surface area contributed by atoms with Crippen LogP contribution in [0.1, 0.15) is 5.56 Å². The second kappa shape index (κ2) is 22.0. The second-order valence-corrected chi connectivity index (χ2v) is 14.6. The van der Waals surface area contributed by atoms with E-state index in [2.05, 4.69) is 151 Å².